The van der Waals surface area contributed by atoms with Crippen LogP contribution in [0.1, 0.15) is 13.3 Å². The van der Waals surface area contributed by atoms with E-state index in [-0.39, 0.29) is 23.1 Å². The van der Waals surface area contributed by atoms with Gasteiger partial charge in [-0.1, -0.05) is 6.92 Å². The Hall–Kier alpha value is -3.55. The van der Waals surface area contributed by atoms with Crippen LogP contribution in [0, 0.1) is 17.5 Å². The predicted molar refractivity (Wildman–Crippen MR) is 109 cm³/mol. The molecule has 0 amide bonds. The number of ether oxygens (including phenoxy) is 1. The Labute approximate surface area is 184 Å². The first kappa shape index (κ1) is 24.1. The molecule has 14 heteroatoms. The van der Waals surface area contributed by atoms with Gasteiger partial charge in [0, 0.05) is 24.9 Å². The molecule has 0 fully saturated rings. The van der Waals surface area contributed by atoms with Crippen molar-refractivity contribution in [3.63, 3.8) is 0 Å². The zero-order chi connectivity index (χ0) is 24.4. The van der Waals surface area contributed by atoms with Gasteiger partial charge < -0.3 is 10.5 Å². The zero-order valence-electron chi connectivity index (χ0n) is 16.8. The lowest BCUT2D eigenvalue weighted by Crippen LogP contribution is -2.31. The van der Waals surface area contributed by atoms with E-state index in [0.29, 0.717) is 6.07 Å². The number of hydrogen-bond donors (Lipinski definition) is 2. The lowest BCUT2D eigenvalue weighted by atomic mass is 10.2. The number of sulfonamides is 1. The maximum Gasteiger partial charge on any atom is 0.263 e. The molecule has 3 rings (SSSR count). The molecular weight excluding hydrogens is 473 g/mol. The van der Waals surface area contributed by atoms with Gasteiger partial charge >= 0.3 is 0 Å². The van der Waals surface area contributed by atoms with Crippen molar-refractivity contribution < 1.29 is 35.1 Å². The van der Waals surface area contributed by atoms with Crippen molar-refractivity contribution in [3.8, 4) is 22.9 Å². The molecule has 0 saturated heterocycles. The average molecular weight is 489 g/mol. The highest BCUT2D eigenvalue weighted by Crippen LogP contribution is 2.36. The maximum atomic E-state index is 14.6. The van der Waals surface area contributed by atoms with Crippen LogP contribution in [-0.4, -0.2) is 35.0 Å². The summed E-state index contributed by atoms with van der Waals surface area (Å²) in [6.45, 7) is 1.03. The molecule has 0 saturated carbocycles. The fourth-order valence-corrected chi connectivity index (χ4v) is 3.94. The van der Waals surface area contributed by atoms with Crippen LogP contribution in [0.5, 0.6) is 11.6 Å². The highest BCUT2D eigenvalue weighted by molar-refractivity contribution is 7.92. The summed E-state index contributed by atoms with van der Waals surface area (Å²) in [5, 5.41) is 0. The van der Waals surface area contributed by atoms with Crippen molar-refractivity contribution in [2.75, 3.05) is 16.2 Å². The highest BCUT2D eigenvalue weighted by Gasteiger charge is 2.35. The monoisotopic (exact) mass is 489 g/mol. The molecule has 0 aliphatic carbocycles. The highest BCUT2D eigenvalue weighted by atomic mass is 32.2. The van der Waals surface area contributed by atoms with Crippen LogP contribution in [0.3, 0.4) is 0 Å². The molecule has 3 aromatic rings. The summed E-state index contributed by atoms with van der Waals surface area (Å²) in [6.07, 6.45) is 1.76. The standard InChI is InChI=1S/C19H16F5N5O3S/c1-2-19(23,24)9-33(30,31)29-16-11(20)8-13(14(21)15(16)22)32-17-10(4-3-6-26-17)12-5-7-27-18(25)28-12/h3-8,29H,2,9H2,1H3,(H2,25,27,28). The fraction of sp³-hybridized carbons (Fsp3) is 0.211. The Morgan fingerprint density at radius 1 is 1.12 bits per heavy atom. The molecule has 2 aromatic heterocycles. The van der Waals surface area contributed by atoms with Gasteiger partial charge in [0.25, 0.3) is 5.92 Å². The summed E-state index contributed by atoms with van der Waals surface area (Å²) < 4.78 is 101. The number of hydrogen-bond acceptors (Lipinski definition) is 7. The third-order valence-electron chi connectivity index (χ3n) is 4.23. The normalized spacial score (nSPS) is 11.9. The van der Waals surface area contributed by atoms with E-state index in [4.69, 9.17) is 10.5 Å². The van der Waals surface area contributed by atoms with Crippen molar-refractivity contribution in [2.24, 2.45) is 0 Å². The minimum atomic E-state index is -4.91. The molecule has 33 heavy (non-hydrogen) atoms. The van der Waals surface area contributed by atoms with Gasteiger partial charge in [0.1, 0.15) is 11.4 Å². The average Bonchev–Trinajstić information content (AvgIpc) is 2.74. The molecule has 176 valence electrons. The van der Waals surface area contributed by atoms with E-state index in [2.05, 4.69) is 15.0 Å². The van der Waals surface area contributed by atoms with Crippen molar-refractivity contribution in [1.82, 2.24) is 15.0 Å². The van der Waals surface area contributed by atoms with Crippen LogP contribution in [-0.2, 0) is 10.0 Å². The molecule has 0 atom stereocenters. The van der Waals surface area contributed by atoms with Gasteiger partial charge in [0.15, 0.2) is 17.4 Å². The molecule has 0 radical (unpaired) electrons. The molecule has 0 spiro atoms. The number of nitrogen functional groups attached to an aromatic ring is 1. The number of rotatable bonds is 8. The molecule has 0 aliphatic rings. The van der Waals surface area contributed by atoms with Gasteiger partial charge in [0.2, 0.25) is 27.7 Å². The number of nitrogens with one attached hydrogen (secondary N) is 1. The first-order valence-electron chi connectivity index (χ1n) is 9.20. The number of halogens is 5. The van der Waals surface area contributed by atoms with Crippen LogP contribution < -0.4 is 15.2 Å². The summed E-state index contributed by atoms with van der Waals surface area (Å²) in [6, 6.07) is 4.73. The van der Waals surface area contributed by atoms with Gasteiger partial charge in [-0.05, 0) is 18.2 Å². The van der Waals surface area contributed by atoms with E-state index >= 15 is 0 Å². The van der Waals surface area contributed by atoms with Crippen LogP contribution in [0.2, 0.25) is 0 Å². The number of benzene rings is 1. The van der Waals surface area contributed by atoms with Gasteiger partial charge in [0.05, 0.1) is 11.3 Å². The first-order valence-corrected chi connectivity index (χ1v) is 10.8. The van der Waals surface area contributed by atoms with Gasteiger partial charge in [-0.25, -0.2) is 40.9 Å². The van der Waals surface area contributed by atoms with Gasteiger partial charge in [-0.15, -0.1) is 0 Å². The molecular formula is C19H16F5N5O3S. The molecule has 0 bridgehead atoms. The van der Waals surface area contributed by atoms with Crippen molar-refractivity contribution >= 4 is 21.7 Å². The first-order chi connectivity index (χ1) is 15.4. The smallest absolute Gasteiger partial charge is 0.263 e. The van der Waals surface area contributed by atoms with Crippen molar-refractivity contribution in [3.05, 3.63) is 54.1 Å². The second kappa shape index (κ2) is 9.13. The lowest BCUT2D eigenvalue weighted by Gasteiger charge is -2.17. The Morgan fingerprint density at radius 2 is 1.85 bits per heavy atom. The number of nitrogens with two attached hydrogens (primary N) is 1. The minimum Gasteiger partial charge on any atom is -0.435 e. The van der Waals surface area contributed by atoms with Crippen LogP contribution in [0.25, 0.3) is 11.3 Å². The zero-order valence-corrected chi connectivity index (χ0v) is 17.6. The molecule has 8 nitrogen and oxygen atoms in total. The van der Waals surface area contributed by atoms with Crippen LogP contribution in [0.4, 0.5) is 33.6 Å². The molecule has 0 aliphatic heterocycles. The number of nitrogens with zero attached hydrogens (tertiary/aromatic N) is 3. The number of anilines is 2. The summed E-state index contributed by atoms with van der Waals surface area (Å²) in [5.41, 5.74) is 4.46. The van der Waals surface area contributed by atoms with E-state index in [1.54, 1.807) is 0 Å². The summed E-state index contributed by atoms with van der Waals surface area (Å²) in [7, 11) is -4.91. The van der Waals surface area contributed by atoms with E-state index in [0.717, 1.165) is 6.92 Å². The number of alkyl halides is 2. The van der Waals surface area contributed by atoms with Crippen LogP contribution in [0.15, 0.2) is 36.7 Å². The quantitative estimate of drug-likeness (QED) is 0.361. The SMILES string of the molecule is CCC(F)(F)CS(=O)(=O)Nc1c(F)cc(Oc2ncccc2-c2ccnc(N)n2)c(F)c1F. The third-order valence-corrected chi connectivity index (χ3v) is 5.55. The van der Waals surface area contributed by atoms with Crippen molar-refractivity contribution in [2.45, 2.75) is 19.3 Å². The summed E-state index contributed by atoms with van der Waals surface area (Å²) in [5.74, 6) is -12.1. The maximum absolute atomic E-state index is 14.6. The summed E-state index contributed by atoms with van der Waals surface area (Å²) >= 11 is 0. The summed E-state index contributed by atoms with van der Waals surface area (Å²) in [4.78, 5) is 11.6. The van der Waals surface area contributed by atoms with Crippen LogP contribution >= 0.6 is 0 Å². The molecule has 0 unspecified atom stereocenters. The fourth-order valence-electron chi connectivity index (χ4n) is 2.61. The second-order valence-corrected chi connectivity index (χ2v) is 8.41. The van der Waals surface area contributed by atoms with Gasteiger partial charge in [-0.3, -0.25) is 4.72 Å². The lowest BCUT2D eigenvalue weighted by molar-refractivity contribution is 0.0219. The Balaban J connectivity index is 1.96. The topological polar surface area (TPSA) is 120 Å². The Kier molecular flexibility index (Phi) is 6.67. The van der Waals surface area contributed by atoms with Crippen molar-refractivity contribution in [1.29, 1.82) is 0 Å². The predicted octanol–water partition coefficient (Wildman–Crippen LogP) is 4.12. The molecule has 3 N–H and O–H groups in total. The third kappa shape index (κ3) is 5.63. The van der Waals surface area contributed by atoms with E-state index in [1.165, 1.54) is 35.3 Å². The Morgan fingerprint density at radius 3 is 2.52 bits per heavy atom. The number of aromatic nitrogens is 3. The van der Waals surface area contributed by atoms with E-state index in [9.17, 15) is 30.4 Å². The number of pyridine rings is 1. The second-order valence-electron chi connectivity index (χ2n) is 6.69. The molecule has 2 heterocycles. The van der Waals surface area contributed by atoms with Gasteiger partial charge in [-0.2, -0.15) is 4.39 Å². The Bertz CT molecular complexity index is 1290. The van der Waals surface area contributed by atoms with E-state index < -0.39 is 57.0 Å². The molecule has 1 aromatic carbocycles. The largest absolute Gasteiger partial charge is 0.435 e. The minimum absolute atomic E-state index is 0.0872. The van der Waals surface area contributed by atoms with E-state index in [1.807, 2.05) is 0 Å².